The van der Waals surface area contributed by atoms with E-state index in [0.29, 0.717) is 6.42 Å². The lowest BCUT2D eigenvalue weighted by molar-refractivity contribution is -0.121. The fourth-order valence-corrected chi connectivity index (χ4v) is 3.56. The molecule has 0 aromatic carbocycles. The van der Waals surface area contributed by atoms with Gasteiger partial charge in [-0.15, -0.1) is 24.8 Å². The summed E-state index contributed by atoms with van der Waals surface area (Å²) in [5, 5.41) is 6.43. The first kappa shape index (κ1) is 23.0. The topological polar surface area (TPSA) is 44.4 Å². The Morgan fingerprint density at radius 1 is 1.26 bits per heavy atom. The molecular formula is C17H35Cl2N3O. The molecule has 2 fully saturated rings. The van der Waals surface area contributed by atoms with E-state index in [9.17, 15) is 4.79 Å². The number of nitrogens with one attached hydrogen (secondary N) is 2. The van der Waals surface area contributed by atoms with E-state index >= 15 is 0 Å². The largest absolute Gasteiger partial charge is 0.356 e. The number of carbonyl (C=O) groups is 1. The van der Waals surface area contributed by atoms with Crippen LogP contribution in [0.3, 0.4) is 0 Å². The van der Waals surface area contributed by atoms with Gasteiger partial charge in [-0.25, -0.2) is 0 Å². The minimum absolute atomic E-state index is 0. The monoisotopic (exact) mass is 367 g/mol. The maximum Gasteiger partial charge on any atom is 0.220 e. The van der Waals surface area contributed by atoms with Crippen LogP contribution in [-0.4, -0.2) is 50.1 Å². The summed E-state index contributed by atoms with van der Waals surface area (Å²) in [6.07, 6.45) is 8.06. The van der Waals surface area contributed by atoms with Gasteiger partial charge in [-0.1, -0.05) is 6.92 Å². The molecule has 0 saturated carbocycles. The van der Waals surface area contributed by atoms with Crippen molar-refractivity contribution in [2.75, 3.05) is 39.3 Å². The van der Waals surface area contributed by atoms with E-state index < -0.39 is 0 Å². The van der Waals surface area contributed by atoms with Crippen LogP contribution in [0.2, 0.25) is 0 Å². The predicted octanol–water partition coefficient (Wildman–Crippen LogP) is 2.85. The van der Waals surface area contributed by atoms with Crippen molar-refractivity contribution >= 4 is 30.7 Å². The van der Waals surface area contributed by atoms with Crippen molar-refractivity contribution in [1.82, 2.24) is 15.5 Å². The second kappa shape index (κ2) is 13.3. The molecule has 0 radical (unpaired) electrons. The van der Waals surface area contributed by atoms with Crippen LogP contribution in [0.1, 0.15) is 51.9 Å². The molecule has 0 aromatic heterocycles. The predicted molar refractivity (Wildman–Crippen MR) is 102 cm³/mol. The van der Waals surface area contributed by atoms with Crippen LogP contribution in [0.25, 0.3) is 0 Å². The zero-order valence-electron chi connectivity index (χ0n) is 14.5. The summed E-state index contributed by atoms with van der Waals surface area (Å²) in [5.74, 6) is 1.83. The second-order valence-electron chi connectivity index (χ2n) is 7.00. The molecule has 2 rings (SSSR count). The van der Waals surface area contributed by atoms with Gasteiger partial charge in [-0.3, -0.25) is 4.79 Å². The van der Waals surface area contributed by atoms with E-state index in [1.165, 1.54) is 45.3 Å². The SMILES string of the molecule is CC1CCCN(CCCCNC(=O)CCC2CCNC2)C1.Cl.Cl. The first-order chi connectivity index (χ1) is 10.2. The van der Waals surface area contributed by atoms with Crippen molar-refractivity contribution in [2.24, 2.45) is 11.8 Å². The van der Waals surface area contributed by atoms with Gasteiger partial charge < -0.3 is 15.5 Å². The van der Waals surface area contributed by atoms with Crippen LogP contribution in [0.15, 0.2) is 0 Å². The van der Waals surface area contributed by atoms with Crippen molar-refractivity contribution < 1.29 is 4.79 Å². The summed E-state index contributed by atoms with van der Waals surface area (Å²) in [5.41, 5.74) is 0. The normalized spacial score (nSPS) is 24.6. The van der Waals surface area contributed by atoms with E-state index in [-0.39, 0.29) is 30.7 Å². The number of unbranched alkanes of at least 4 members (excludes halogenated alkanes) is 1. The summed E-state index contributed by atoms with van der Waals surface area (Å²) in [7, 11) is 0. The minimum Gasteiger partial charge on any atom is -0.356 e. The summed E-state index contributed by atoms with van der Waals surface area (Å²) in [6, 6.07) is 0. The fraction of sp³-hybridized carbons (Fsp3) is 0.941. The quantitative estimate of drug-likeness (QED) is 0.648. The lowest BCUT2D eigenvalue weighted by Gasteiger charge is -2.30. The van der Waals surface area contributed by atoms with Crippen LogP contribution >= 0.6 is 24.8 Å². The number of nitrogens with zero attached hydrogens (tertiary/aromatic N) is 1. The van der Waals surface area contributed by atoms with E-state index in [0.717, 1.165) is 44.3 Å². The van der Waals surface area contributed by atoms with Gasteiger partial charge >= 0.3 is 0 Å². The lowest BCUT2D eigenvalue weighted by atomic mass is 10.0. The summed E-state index contributed by atoms with van der Waals surface area (Å²) in [4.78, 5) is 14.4. The molecular weight excluding hydrogens is 333 g/mol. The standard InChI is InChI=1S/C17H33N3O.2ClH/c1-15-5-4-12-20(14-15)11-3-2-9-19-17(21)7-6-16-8-10-18-13-16;;/h15-16,18H,2-14H2,1H3,(H,19,21);2*1H. The maximum absolute atomic E-state index is 11.8. The lowest BCUT2D eigenvalue weighted by Crippen LogP contribution is -2.35. The van der Waals surface area contributed by atoms with E-state index in [1.807, 2.05) is 0 Å². The molecule has 0 bridgehead atoms. The molecule has 0 aliphatic carbocycles. The Kier molecular flexibility index (Phi) is 13.3. The summed E-state index contributed by atoms with van der Waals surface area (Å²) < 4.78 is 0. The van der Waals surface area contributed by atoms with Crippen LogP contribution in [-0.2, 0) is 4.79 Å². The highest BCUT2D eigenvalue weighted by molar-refractivity contribution is 5.85. The molecule has 138 valence electrons. The minimum atomic E-state index is 0. The Morgan fingerprint density at radius 2 is 2.09 bits per heavy atom. The molecule has 6 heteroatoms. The molecule has 0 spiro atoms. The smallest absolute Gasteiger partial charge is 0.220 e. The Labute approximate surface area is 154 Å². The molecule has 2 heterocycles. The third-order valence-electron chi connectivity index (χ3n) is 4.91. The highest BCUT2D eigenvalue weighted by atomic mass is 35.5. The van der Waals surface area contributed by atoms with Crippen molar-refractivity contribution in [3.63, 3.8) is 0 Å². The molecule has 2 unspecified atom stereocenters. The molecule has 2 aliphatic heterocycles. The Bertz CT molecular complexity index is 312. The van der Waals surface area contributed by atoms with Gasteiger partial charge in [0.2, 0.25) is 5.91 Å². The van der Waals surface area contributed by atoms with Crippen LogP contribution in [0.4, 0.5) is 0 Å². The molecule has 23 heavy (non-hydrogen) atoms. The van der Waals surface area contributed by atoms with Gasteiger partial charge in [0.15, 0.2) is 0 Å². The zero-order chi connectivity index (χ0) is 14.9. The number of carbonyl (C=O) groups excluding carboxylic acids is 1. The number of amides is 1. The number of rotatable bonds is 8. The van der Waals surface area contributed by atoms with Crippen molar-refractivity contribution in [3.05, 3.63) is 0 Å². The average Bonchev–Trinajstić information content (AvgIpc) is 2.98. The van der Waals surface area contributed by atoms with Crippen molar-refractivity contribution in [1.29, 1.82) is 0 Å². The van der Waals surface area contributed by atoms with Gasteiger partial charge in [0, 0.05) is 19.5 Å². The van der Waals surface area contributed by atoms with Crippen molar-refractivity contribution in [3.8, 4) is 0 Å². The second-order valence-corrected chi connectivity index (χ2v) is 7.00. The average molecular weight is 368 g/mol. The fourth-order valence-electron chi connectivity index (χ4n) is 3.56. The van der Waals surface area contributed by atoms with Gasteiger partial charge in [-0.2, -0.15) is 0 Å². The van der Waals surface area contributed by atoms with Gasteiger partial charge in [0.1, 0.15) is 0 Å². The number of piperidine rings is 1. The molecule has 2 atom stereocenters. The molecule has 0 aromatic rings. The highest BCUT2D eigenvalue weighted by Gasteiger charge is 2.16. The van der Waals surface area contributed by atoms with Crippen LogP contribution in [0.5, 0.6) is 0 Å². The summed E-state index contributed by atoms with van der Waals surface area (Å²) in [6.45, 7) is 9.17. The van der Waals surface area contributed by atoms with Gasteiger partial charge in [-0.05, 0) is 76.5 Å². The molecule has 2 N–H and O–H groups in total. The number of likely N-dealkylation sites (tertiary alicyclic amines) is 1. The summed E-state index contributed by atoms with van der Waals surface area (Å²) >= 11 is 0. The van der Waals surface area contributed by atoms with E-state index in [1.54, 1.807) is 0 Å². The Hall–Kier alpha value is -0.0300. The Balaban J connectivity index is 0.00000242. The van der Waals surface area contributed by atoms with Crippen LogP contribution < -0.4 is 10.6 Å². The third kappa shape index (κ3) is 9.75. The van der Waals surface area contributed by atoms with Gasteiger partial charge in [0.25, 0.3) is 0 Å². The maximum atomic E-state index is 11.8. The van der Waals surface area contributed by atoms with Crippen LogP contribution in [0, 0.1) is 11.8 Å². The molecule has 1 amide bonds. The molecule has 2 saturated heterocycles. The molecule has 4 nitrogen and oxygen atoms in total. The number of halogens is 2. The van der Waals surface area contributed by atoms with Gasteiger partial charge in [0.05, 0.1) is 0 Å². The van der Waals surface area contributed by atoms with E-state index in [4.69, 9.17) is 0 Å². The zero-order valence-corrected chi connectivity index (χ0v) is 16.2. The number of hydrogen-bond donors (Lipinski definition) is 2. The first-order valence-electron chi connectivity index (χ1n) is 8.94. The van der Waals surface area contributed by atoms with Crippen molar-refractivity contribution in [2.45, 2.75) is 51.9 Å². The molecule has 2 aliphatic rings. The number of hydrogen-bond acceptors (Lipinski definition) is 3. The highest BCUT2D eigenvalue weighted by Crippen LogP contribution is 2.16. The van der Waals surface area contributed by atoms with E-state index in [2.05, 4.69) is 22.5 Å². The Morgan fingerprint density at radius 3 is 2.78 bits per heavy atom. The first-order valence-corrected chi connectivity index (χ1v) is 8.94. The third-order valence-corrected chi connectivity index (χ3v) is 4.91.